The Morgan fingerprint density at radius 2 is 1.79 bits per heavy atom. The molecule has 1 aromatic carbocycles. The molecule has 1 aromatic heterocycles. The topological polar surface area (TPSA) is 109 Å². The minimum atomic E-state index is -3.36. The molecule has 34 heavy (non-hydrogen) atoms. The van der Waals surface area contributed by atoms with Crippen molar-refractivity contribution in [3.05, 3.63) is 42.2 Å². The zero-order valence-corrected chi connectivity index (χ0v) is 20.1. The van der Waals surface area contributed by atoms with Crippen molar-refractivity contribution in [2.45, 2.75) is 65.5 Å². The van der Waals surface area contributed by atoms with E-state index in [1.54, 1.807) is 12.1 Å². The number of hydrogen-bond acceptors (Lipinski definition) is 7. The van der Waals surface area contributed by atoms with E-state index in [0.717, 1.165) is 0 Å². The predicted octanol–water partition coefficient (Wildman–Crippen LogP) is 3.70. The lowest BCUT2D eigenvalue weighted by Gasteiger charge is -2.20. The van der Waals surface area contributed by atoms with Crippen LogP contribution in [0, 0.1) is 5.92 Å². The molecule has 0 saturated heterocycles. The van der Waals surface area contributed by atoms with Crippen molar-refractivity contribution in [3.8, 4) is 0 Å². The largest absolute Gasteiger partial charge is 0.396 e. The molecule has 0 radical (unpaired) electrons. The van der Waals surface area contributed by atoms with Gasteiger partial charge < -0.3 is 10.4 Å². The van der Waals surface area contributed by atoms with E-state index in [-0.39, 0.29) is 47.8 Å². The molecule has 184 valence electrons. The summed E-state index contributed by atoms with van der Waals surface area (Å²) in [7, 11) is -3.36. The summed E-state index contributed by atoms with van der Waals surface area (Å²) in [4.78, 5) is 21.8. The van der Waals surface area contributed by atoms with E-state index in [9.17, 15) is 22.0 Å². The van der Waals surface area contributed by atoms with Crippen LogP contribution in [0.5, 0.6) is 0 Å². The summed E-state index contributed by atoms with van der Waals surface area (Å²) in [6.07, 6.45) is 1.48. The molecule has 4 atom stereocenters. The predicted molar refractivity (Wildman–Crippen MR) is 125 cm³/mol. The van der Waals surface area contributed by atoms with Crippen LogP contribution in [0.15, 0.2) is 46.6 Å². The second-order valence-corrected chi connectivity index (χ2v) is 12.1. The molecule has 0 unspecified atom stereocenters. The smallest absolute Gasteiger partial charge is 0.233 e. The molecular formula is C23H27F2N3O4S2. The number of nitrogens with zero attached hydrogens (tertiary/aromatic N) is 2. The van der Waals surface area contributed by atoms with Crippen LogP contribution in [0.25, 0.3) is 0 Å². The first-order chi connectivity index (χ1) is 16.3. The molecule has 2 saturated carbocycles. The van der Waals surface area contributed by atoms with Gasteiger partial charge in [-0.1, -0.05) is 12.1 Å². The zero-order chi connectivity index (χ0) is 24.3. The first-order valence-electron chi connectivity index (χ1n) is 11.3. The Balaban J connectivity index is 1.52. The number of amides is 1. The van der Waals surface area contributed by atoms with E-state index in [1.807, 2.05) is 0 Å². The van der Waals surface area contributed by atoms with Gasteiger partial charge >= 0.3 is 0 Å². The Morgan fingerprint density at radius 3 is 2.35 bits per heavy atom. The van der Waals surface area contributed by atoms with Crippen LogP contribution in [-0.2, 0) is 14.6 Å². The van der Waals surface area contributed by atoms with Gasteiger partial charge in [0.1, 0.15) is 17.4 Å². The molecule has 0 spiro atoms. The van der Waals surface area contributed by atoms with Crippen LogP contribution in [0.3, 0.4) is 0 Å². The fraction of sp³-hybridized carbons (Fsp3) is 0.522. The minimum Gasteiger partial charge on any atom is -0.396 e. The zero-order valence-electron chi connectivity index (χ0n) is 18.4. The highest BCUT2D eigenvalue weighted by molar-refractivity contribution is 7.99. The average molecular weight is 512 g/mol. The molecule has 2 aliphatic rings. The van der Waals surface area contributed by atoms with Crippen molar-refractivity contribution in [2.24, 2.45) is 5.92 Å². The van der Waals surface area contributed by atoms with E-state index in [1.165, 1.54) is 36.3 Å². The number of anilines is 1. The van der Waals surface area contributed by atoms with Crippen LogP contribution < -0.4 is 5.32 Å². The van der Waals surface area contributed by atoms with Gasteiger partial charge in [-0.3, -0.25) is 4.79 Å². The highest BCUT2D eigenvalue weighted by atomic mass is 32.2. The third-order valence-corrected chi connectivity index (χ3v) is 9.36. The number of alkyl halides is 2. The number of aromatic nitrogens is 2. The molecule has 4 rings (SSSR count). The maximum Gasteiger partial charge on any atom is 0.233 e. The number of aliphatic hydroxyl groups is 1. The Hall–Kier alpha value is -2.11. The van der Waals surface area contributed by atoms with Crippen molar-refractivity contribution in [1.29, 1.82) is 0 Å². The number of hydrogen-bond donors (Lipinski definition) is 2. The highest BCUT2D eigenvalue weighted by Gasteiger charge is 2.38. The summed E-state index contributed by atoms with van der Waals surface area (Å²) in [6.45, 7) is 0.00784. The van der Waals surface area contributed by atoms with E-state index in [4.69, 9.17) is 5.11 Å². The Bertz CT molecular complexity index is 1090. The van der Waals surface area contributed by atoms with Crippen LogP contribution in [0.4, 0.5) is 14.6 Å². The summed E-state index contributed by atoms with van der Waals surface area (Å²) in [5.74, 6) is -0.735. The molecule has 2 fully saturated rings. The van der Waals surface area contributed by atoms with Crippen LogP contribution in [-0.4, -0.2) is 59.4 Å². The van der Waals surface area contributed by atoms with Crippen LogP contribution in [0.2, 0.25) is 0 Å². The first kappa shape index (κ1) is 25.0. The number of rotatable bonds is 10. The highest BCUT2D eigenvalue weighted by Crippen LogP contribution is 2.39. The van der Waals surface area contributed by atoms with E-state index < -0.39 is 34.0 Å². The summed E-state index contributed by atoms with van der Waals surface area (Å²) < 4.78 is 52.6. The van der Waals surface area contributed by atoms with Gasteiger partial charge in [0, 0.05) is 5.75 Å². The molecule has 1 heterocycles. The normalized spacial score (nSPS) is 23.6. The molecular weight excluding hydrogens is 484 g/mol. The lowest BCUT2D eigenvalue weighted by molar-refractivity contribution is -0.118. The lowest BCUT2D eigenvalue weighted by atomic mass is 9.87. The summed E-state index contributed by atoms with van der Waals surface area (Å²) in [5.41, 5.74) is 0.577. The van der Waals surface area contributed by atoms with Gasteiger partial charge in [0.05, 0.1) is 35.1 Å². The van der Waals surface area contributed by atoms with Gasteiger partial charge in [-0.15, -0.1) is 11.8 Å². The fourth-order valence-corrected chi connectivity index (χ4v) is 6.44. The van der Waals surface area contributed by atoms with Gasteiger partial charge in [0.2, 0.25) is 5.91 Å². The Kier molecular flexibility index (Phi) is 7.83. The number of aliphatic hydroxyl groups excluding tert-OH is 1. The van der Waals surface area contributed by atoms with Crippen molar-refractivity contribution >= 4 is 33.3 Å². The Labute approximate surface area is 201 Å². The van der Waals surface area contributed by atoms with E-state index in [2.05, 4.69) is 15.3 Å². The summed E-state index contributed by atoms with van der Waals surface area (Å²) in [6, 6.07) is 6.21. The molecule has 0 bridgehead atoms. The molecule has 2 N–H and O–H groups in total. The number of nitrogens with one attached hydrogen (secondary N) is 1. The molecule has 7 nitrogen and oxygen atoms in total. The maximum absolute atomic E-state index is 13.8. The SMILES string of the molecule is O=C(Nc1cnc(SCCO)cn1)[C@H](C[C@H]1C[C@@H](F)[C@@H](F)C1)c1ccc(S(=O)(=O)C2CC2)cc1. The van der Waals surface area contributed by atoms with Crippen molar-refractivity contribution < 1.29 is 27.1 Å². The van der Waals surface area contributed by atoms with Crippen molar-refractivity contribution in [1.82, 2.24) is 9.97 Å². The summed E-state index contributed by atoms with van der Waals surface area (Å²) >= 11 is 1.33. The lowest BCUT2D eigenvalue weighted by Crippen LogP contribution is -2.24. The maximum atomic E-state index is 13.8. The van der Waals surface area contributed by atoms with Gasteiger partial charge in [-0.05, 0) is 55.7 Å². The van der Waals surface area contributed by atoms with Crippen molar-refractivity contribution in [3.63, 3.8) is 0 Å². The molecule has 2 aliphatic carbocycles. The first-order valence-corrected chi connectivity index (χ1v) is 13.8. The number of carbonyl (C=O) groups is 1. The Morgan fingerprint density at radius 1 is 1.12 bits per heavy atom. The fourth-order valence-electron chi connectivity index (χ4n) is 4.23. The molecule has 2 aromatic rings. The van der Waals surface area contributed by atoms with Gasteiger partial charge in [-0.25, -0.2) is 27.2 Å². The molecule has 1 amide bonds. The second-order valence-electron chi connectivity index (χ2n) is 8.77. The average Bonchev–Trinajstić information content (AvgIpc) is 3.63. The van der Waals surface area contributed by atoms with Gasteiger partial charge in [0.25, 0.3) is 0 Å². The second kappa shape index (κ2) is 10.7. The van der Waals surface area contributed by atoms with Gasteiger partial charge in [-0.2, -0.15) is 0 Å². The molecule has 0 aliphatic heterocycles. The minimum absolute atomic E-state index is 0.00784. The number of benzene rings is 1. The standard InChI is InChI=1S/C23H27F2N3O4S2/c24-19-10-14(11-20(19)25)9-18(15-1-3-16(4-2-15)34(31,32)17-5-6-17)23(30)28-21-12-27-22(13-26-21)33-8-7-29/h1-4,12-14,17-20,29H,5-11H2,(H,26,28,30)/t14-,18-,19+,20-/m1/s1. The number of thioether (sulfide) groups is 1. The van der Waals surface area contributed by atoms with Crippen molar-refractivity contribution in [2.75, 3.05) is 17.7 Å². The van der Waals surface area contributed by atoms with Crippen LogP contribution in [0.1, 0.15) is 43.6 Å². The third-order valence-electron chi connectivity index (χ3n) is 6.19. The summed E-state index contributed by atoms with van der Waals surface area (Å²) in [5, 5.41) is 11.9. The quantitative estimate of drug-likeness (QED) is 0.468. The van der Waals surface area contributed by atoms with Gasteiger partial charge in [0.15, 0.2) is 15.7 Å². The van der Waals surface area contributed by atoms with Crippen LogP contribution >= 0.6 is 11.8 Å². The monoisotopic (exact) mass is 511 g/mol. The number of sulfone groups is 1. The number of halogens is 2. The third kappa shape index (κ3) is 5.92. The number of carbonyl (C=O) groups excluding carboxylic acids is 1. The molecule has 11 heteroatoms. The van der Waals surface area contributed by atoms with E-state index >= 15 is 0 Å². The van der Waals surface area contributed by atoms with E-state index in [0.29, 0.717) is 29.2 Å².